The summed E-state index contributed by atoms with van der Waals surface area (Å²) in [6, 6.07) is -0.616. The highest BCUT2D eigenvalue weighted by molar-refractivity contribution is 8.01. The van der Waals surface area contributed by atoms with Gasteiger partial charge in [-0.15, -0.1) is 11.8 Å². The first kappa shape index (κ1) is 9.75. The van der Waals surface area contributed by atoms with Crippen molar-refractivity contribution in [3.63, 3.8) is 0 Å². The molecule has 78 valence electrons. The molecule has 0 aromatic rings. The number of aliphatic hydroxyl groups excluding tert-OH is 1. The van der Waals surface area contributed by atoms with Gasteiger partial charge >= 0.3 is 5.97 Å². The van der Waals surface area contributed by atoms with Gasteiger partial charge in [0.05, 0.1) is 6.10 Å². The lowest BCUT2D eigenvalue weighted by atomic mass is 10.1. The molecule has 2 rings (SSSR count). The molecule has 4 atom stereocenters. The summed E-state index contributed by atoms with van der Waals surface area (Å²) < 4.78 is 0. The Morgan fingerprint density at radius 2 is 2.29 bits per heavy atom. The smallest absolute Gasteiger partial charge is 0.319 e. The number of hydrogen-bond donors (Lipinski definition) is 3. The molecule has 2 heterocycles. The van der Waals surface area contributed by atoms with Crippen LogP contribution in [0.25, 0.3) is 0 Å². The summed E-state index contributed by atoms with van der Waals surface area (Å²) in [5.74, 6) is -1.28. The zero-order valence-electron chi connectivity index (χ0n) is 7.16. The van der Waals surface area contributed by atoms with Gasteiger partial charge < -0.3 is 20.8 Å². The molecule has 3 unspecified atom stereocenters. The number of hydrogen-bond acceptors (Lipinski definition) is 5. The molecular weight excluding hydrogens is 208 g/mol. The number of carbonyl (C=O) groups is 2. The van der Waals surface area contributed by atoms with Crippen LogP contribution in [0.4, 0.5) is 0 Å². The number of amides is 1. The quantitative estimate of drug-likeness (QED) is 0.442. The number of fused-ring (bicyclic) bond motifs is 1. The van der Waals surface area contributed by atoms with Crippen LogP contribution in [0, 0.1) is 0 Å². The van der Waals surface area contributed by atoms with Crippen LogP contribution in [0.2, 0.25) is 0 Å². The lowest BCUT2D eigenvalue weighted by Crippen LogP contribution is -2.72. The lowest BCUT2D eigenvalue weighted by Gasteiger charge is -2.50. The van der Waals surface area contributed by atoms with Crippen molar-refractivity contribution in [2.24, 2.45) is 5.73 Å². The Hall–Kier alpha value is -0.790. The van der Waals surface area contributed by atoms with E-state index in [4.69, 9.17) is 10.8 Å². The van der Waals surface area contributed by atoms with Crippen molar-refractivity contribution in [3.05, 3.63) is 0 Å². The van der Waals surface area contributed by atoms with Crippen LogP contribution in [-0.2, 0) is 9.59 Å². The fourth-order valence-corrected chi connectivity index (χ4v) is 2.97. The second kappa shape index (κ2) is 3.11. The van der Waals surface area contributed by atoms with Crippen molar-refractivity contribution in [3.8, 4) is 0 Å². The molecular formula is C7H10N2O4S. The largest absolute Gasteiger partial charge is 0.480 e. The average molecular weight is 218 g/mol. The standard InChI is InChI=1S/C7H10N2O4S/c8-3-5(11)9-1-2(10)4(7(12)13)14-6(3)9/h2-4,6,10H,1,8H2,(H,12,13)/t2?,3?,4?,6-/m0/s1. The highest BCUT2D eigenvalue weighted by atomic mass is 32.2. The Morgan fingerprint density at radius 3 is 2.86 bits per heavy atom. The van der Waals surface area contributed by atoms with Gasteiger partial charge in [0.15, 0.2) is 0 Å². The first-order valence-corrected chi connectivity index (χ1v) is 5.09. The van der Waals surface area contributed by atoms with Crippen molar-refractivity contribution in [2.45, 2.75) is 22.8 Å². The Kier molecular flexibility index (Phi) is 2.17. The minimum absolute atomic E-state index is 0.0706. The van der Waals surface area contributed by atoms with E-state index >= 15 is 0 Å². The summed E-state index contributed by atoms with van der Waals surface area (Å²) in [5, 5.41) is 17.0. The van der Waals surface area contributed by atoms with E-state index in [0.717, 1.165) is 11.8 Å². The summed E-state index contributed by atoms with van der Waals surface area (Å²) in [5.41, 5.74) is 5.50. The predicted octanol–water partition coefficient (Wildman–Crippen LogP) is -1.96. The van der Waals surface area contributed by atoms with Crippen molar-refractivity contribution >= 4 is 23.6 Å². The highest BCUT2D eigenvalue weighted by Gasteiger charge is 2.52. The fourth-order valence-electron chi connectivity index (χ4n) is 1.66. The van der Waals surface area contributed by atoms with Crippen LogP contribution in [0.15, 0.2) is 0 Å². The van der Waals surface area contributed by atoms with Crippen LogP contribution in [0.3, 0.4) is 0 Å². The molecule has 4 N–H and O–H groups in total. The van der Waals surface area contributed by atoms with E-state index in [0.29, 0.717) is 0 Å². The molecule has 0 radical (unpaired) electrons. The molecule has 14 heavy (non-hydrogen) atoms. The van der Waals surface area contributed by atoms with Gasteiger partial charge in [-0.2, -0.15) is 0 Å². The number of carboxylic acids is 1. The molecule has 0 aromatic carbocycles. The van der Waals surface area contributed by atoms with Crippen molar-refractivity contribution in [1.82, 2.24) is 4.90 Å². The van der Waals surface area contributed by atoms with Gasteiger partial charge in [-0.1, -0.05) is 0 Å². The van der Waals surface area contributed by atoms with Crippen molar-refractivity contribution in [2.75, 3.05) is 6.54 Å². The summed E-state index contributed by atoms with van der Waals surface area (Å²) in [4.78, 5) is 23.3. The van der Waals surface area contributed by atoms with Crippen LogP contribution in [-0.4, -0.2) is 56.3 Å². The predicted molar refractivity (Wildman–Crippen MR) is 48.5 cm³/mol. The number of β-lactam (4-membered cyclic amide) rings is 1. The van der Waals surface area contributed by atoms with Gasteiger partial charge in [0, 0.05) is 6.54 Å². The van der Waals surface area contributed by atoms with E-state index in [1.54, 1.807) is 0 Å². The zero-order valence-corrected chi connectivity index (χ0v) is 7.98. The number of nitrogens with zero attached hydrogens (tertiary/aromatic N) is 1. The molecule has 0 aliphatic carbocycles. The molecule has 0 spiro atoms. The second-order valence-corrected chi connectivity index (χ2v) is 4.63. The minimum Gasteiger partial charge on any atom is -0.480 e. The monoisotopic (exact) mass is 218 g/mol. The van der Waals surface area contributed by atoms with Crippen LogP contribution >= 0.6 is 11.8 Å². The number of thioether (sulfide) groups is 1. The third kappa shape index (κ3) is 1.20. The number of aliphatic hydroxyl groups is 1. The number of rotatable bonds is 1. The molecule has 7 heteroatoms. The molecule has 2 aliphatic heterocycles. The van der Waals surface area contributed by atoms with E-state index in [1.807, 2.05) is 0 Å². The highest BCUT2D eigenvalue weighted by Crippen LogP contribution is 2.37. The molecule has 2 saturated heterocycles. The summed E-state index contributed by atoms with van der Waals surface area (Å²) in [6.07, 6.45) is -1.01. The Morgan fingerprint density at radius 1 is 1.64 bits per heavy atom. The first-order chi connectivity index (χ1) is 6.52. The zero-order chi connectivity index (χ0) is 10.5. The van der Waals surface area contributed by atoms with Crippen LogP contribution < -0.4 is 5.73 Å². The van der Waals surface area contributed by atoms with Crippen LogP contribution in [0.5, 0.6) is 0 Å². The third-order valence-electron chi connectivity index (χ3n) is 2.45. The molecule has 2 fully saturated rings. The van der Waals surface area contributed by atoms with E-state index in [-0.39, 0.29) is 17.8 Å². The van der Waals surface area contributed by atoms with Gasteiger partial charge in [-0.3, -0.25) is 9.59 Å². The maximum Gasteiger partial charge on any atom is 0.319 e. The van der Waals surface area contributed by atoms with E-state index in [2.05, 4.69) is 0 Å². The molecule has 1 amide bonds. The second-order valence-electron chi connectivity index (χ2n) is 3.37. The minimum atomic E-state index is -1.06. The molecule has 6 nitrogen and oxygen atoms in total. The van der Waals surface area contributed by atoms with Gasteiger partial charge in [-0.25, -0.2) is 0 Å². The molecule has 0 saturated carbocycles. The normalized spacial score (nSPS) is 41.6. The fraction of sp³-hybridized carbons (Fsp3) is 0.714. The Bertz CT molecular complexity index is 297. The van der Waals surface area contributed by atoms with E-state index < -0.39 is 23.4 Å². The van der Waals surface area contributed by atoms with Gasteiger partial charge in [0.25, 0.3) is 0 Å². The molecule has 0 aromatic heterocycles. The van der Waals surface area contributed by atoms with Crippen molar-refractivity contribution < 1.29 is 19.8 Å². The number of aliphatic carboxylic acids is 1. The van der Waals surface area contributed by atoms with E-state index in [9.17, 15) is 14.7 Å². The maximum atomic E-state index is 11.1. The van der Waals surface area contributed by atoms with Crippen molar-refractivity contribution in [1.29, 1.82) is 0 Å². The summed E-state index contributed by atoms with van der Waals surface area (Å²) in [7, 11) is 0. The number of carboxylic acid groups (broad SMARTS) is 1. The summed E-state index contributed by atoms with van der Waals surface area (Å²) in [6.45, 7) is 0.0706. The molecule has 0 bridgehead atoms. The lowest BCUT2D eigenvalue weighted by molar-refractivity contribution is -0.150. The average Bonchev–Trinajstić information content (AvgIpc) is 2.15. The first-order valence-electron chi connectivity index (χ1n) is 4.15. The summed E-state index contributed by atoms with van der Waals surface area (Å²) >= 11 is 1.04. The Labute approximate surface area is 84.1 Å². The maximum absolute atomic E-state index is 11.1. The number of nitrogens with two attached hydrogens (primary N) is 1. The third-order valence-corrected chi connectivity index (χ3v) is 4.08. The van der Waals surface area contributed by atoms with Gasteiger partial charge in [0.2, 0.25) is 5.91 Å². The molecule has 2 aliphatic rings. The SMILES string of the molecule is NC1C(=O)N2CC(O)C(C(=O)O)S[C@@H]12. The van der Waals surface area contributed by atoms with Gasteiger partial charge in [0.1, 0.15) is 16.7 Å². The number of carbonyl (C=O) groups excluding carboxylic acids is 1. The van der Waals surface area contributed by atoms with Crippen LogP contribution in [0.1, 0.15) is 0 Å². The Balaban J connectivity index is 2.10. The van der Waals surface area contributed by atoms with E-state index in [1.165, 1.54) is 4.90 Å². The van der Waals surface area contributed by atoms with Gasteiger partial charge in [-0.05, 0) is 0 Å². The topological polar surface area (TPSA) is 104 Å².